The molecule has 1 heterocycles. The van der Waals surface area contributed by atoms with Gasteiger partial charge in [-0.25, -0.2) is 9.59 Å². The number of nitrogen functional groups attached to an aromatic ring is 1. The average Bonchev–Trinajstić information content (AvgIpc) is 2.52. The molecule has 0 aliphatic carbocycles. The molecule has 23 heavy (non-hydrogen) atoms. The summed E-state index contributed by atoms with van der Waals surface area (Å²) in [6.45, 7) is 3.45. The number of carbonyl (C=O) groups excluding carboxylic acids is 2. The number of carbonyl (C=O) groups is 2. The first-order valence-corrected chi connectivity index (χ1v) is 6.91. The van der Waals surface area contributed by atoms with Crippen LogP contribution >= 0.6 is 0 Å². The molecule has 1 aliphatic rings. The van der Waals surface area contributed by atoms with Gasteiger partial charge in [-0.1, -0.05) is 6.07 Å². The number of benzene rings is 1. The highest BCUT2D eigenvalue weighted by molar-refractivity contribution is 6.03. The molecule has 0 unspecified atom stereocenters. The molecule has 2 rings (SSSR count). The maximum Gasteiger partial charge on any atom is 0.356 e. The largest absolute Gasteiger partial charge is 0.464 e. The average molecular weight is 317 g/mol. The van der Waals surface area contributed by atoms with Crippen LogP contribution in [0.1, 0.15) is 13.8 Å². The van der Waals surface area contributed by atoms with Crippen molar-refractivity contribution in [3.05, 3.63) is 47.1 Å². The van der Waals surface area contributed by atoms with Gasteiger partial charge in [0, 0.05) is 22.8 Å². The summed E-state index contributed by atoms with van der Waals surface area (Å²) in [7, 11) is 2.56. The van der Waals surface area contributed by atoms with Gasteiger partial charge in [-0.3, -0.25) is 4.90 Å². The van der Waals surface area contributed by atoms with Gasteiger partial charge in [0.2, 0.25) is 0 Å². The van der Waals surface area contributed by atoms with Crippen molar-refractivity contribution in [1.82, 2.24) is 5.32 Å². The molecule has 0 atom stereocenters. The molecule has 0 radical (unpaired) electrons. The van der Waals surface area contributed by atoms with Gasteiger partial charge in [0.05, 0.1) is 14.2 Å². The van der Waals surface area contributed by atoms with Gasteiger partial charge in [-0.2, -0.15) is 0 Å². The number of rotatable bonds is 3. The number of esters is 2. The summed E-state index contributed by atoms with van der Waals surface area (Å²) in [5.41, 5.74) is 8.42. The first-order valence-electron chi connectivity index (χ1n) is 6.91. The number of hydrogen-bond donors (Lipinski definition) is 2. The van der Waals surface area contributed by atoms with Gasteiger partial charge in [0.25, 0.3) is 0 Å². The Kier molecular flexibility index (Phi) is 4.59. The van der Waals surface area contributed by atoms with Gasteiger partial charge in [0.15, 0.2) is 11.4 Å². The molecule has 0 fully saturated rings. The SMILES string of the molecule is COC(=O)C1=C(C)NC(C)=C(C(=O)OC)N1c1cccc(N)c1. The van der Waals surface area contributed by atoms with Gasteiger partial charge >= 0.3 is 11.9 Å². The number of hydrogen-bond acceptors (Lipinski definition) is 7. The van der Waals surface area contributed by atoms with E-state index in [-0.39, 0.29) is 11.4 Å². The second-order valence-electron chi connectivity index (χ2n) is 4.99. The van der Waals surface area contributed by atoms with Crippen LogP contribution in [0.25, 0.3) is 0 Å². The number of methoxy groups -OCH3 is 2. The van der Waals surface area contributed by atoms with Gasteiger partial charge in [-0.05, 0) is 32.0 Å². The summed E-state index contributed by atoms with van der Waals surface area (Å²) < 4.78 is 9.71. The van der Waals surface area contributed by atoms with Crippen molar-refractivity contribution < 1.29 is 19.1 Å². The lowest BCUT2D eigenvalue weighted by Gasteiger charge is -2.33. The Morgan fingerprint density at radius 3 is 2.00 bits per heavy atom. The van der Waals surface area contributed by atoms with Crippen molar-refractivity contribution in [3.8, 4) is 0 Å². The van der Waals surface area contributed by atoms with Crippen LogP contribution in [0.15, 0.2) is 47.1 Å². The third-order valence-electron chi connectivity index (χ3n) is 3.42. The van der Waals surface area contributed by atoms with E-state index in [1.165, 1.54) is 19.1 Å². The molecule has 122 valence electrons. The fraction of sp³-hybridized carbons (Fsp3) is 0.250. The van der Waals surface area contributed by atoms with E-state index in [4.69, 9.17) is 15.2 Å². The van der Waals surface area contributed by atoms with Crippen molar-refractivity contribution in [2.24, 2.45) is 0 Å². The first-order chi connectivity index (χ1) is 10.9. The lowest BCUT2D eigenvalue weighted by atomic mass is 10.1. The van der Waals surface area contributed by atoms with E-state index in [1.54, 1.807) is 38.1 Å². The fourth-order valence-electron chi connectivity index (χ4n) is 2.45. The Labute approximate surface area is 134 Å². The molecular weight excluding hydrogens is 298 g/mol. The lowest BCUT2D eigenvalue weighted by Crippen LogP contribution is -2.40. The van der Waals surface area contributed by atoms with Crippen molar-refractivity contribution in [1.29, 1.82) is 0 Å². The zero-order valence-corrected chi connectivity index (χ0v) is 13.5. The second-order valence-corrected chi connectivity index (χ2v) is 4.99. The monoisotopic (exact) mass is 317 g/mol. The third-order valence-corrected chi connectivity index (χ3v) is 3.42. The van der Waals surface area contributed by atoms with E-state index in [0.717, 1.165) is 0 Å². The standard InChI is InChI=1S/C16H19N3O4/c1-9-13(15(20)22-3)19(12-7-5-6-11(17)8-12)14(10(2)18-9)16(21)23-4/h5-8,18H,17H2,1-4H3. The van der Waals surface area contributed by atoms with Gasteiger partial charge < -0.3 is 20.5 Å². The minimum Gasteiger partial charge on any atom is -0.464 e. The number of nitrogens with two attached hydrogens (primary N) is 1. The topological polar surface area (TPSA) is 93.9 Å². The molecule has 0 bridgehead atoms. The predicted octanol–water partition coefficient (Wildman–Crippen LogP) is 1.49. The third kappa shape index (κ3) is 2.98. The van der Waals surface area contributed by atoms with Crippen molar-refractivity contribution >= 4 is 23.3 Å². The van der Waals surface area contributed by atoms with E-state index in [1.807, 2.05) is 0 Å². The van der Waals surface area contributed by atoms with Gasteiger partial charge in [-0.15, -0.1) is 0 Å². The molecule has 0 saturated heterocycles. The first kappa shape index (κ1) is 16.4. The molecule has 0 aromatic heterocycles. The molecule has 0 spiro atoms. The highest BCUT2D eigenvalue weighted by Crippen LogP contribution is 2.32. The van der Waals surface area contributed by atoms with Crippen LogP contribution in [0.2, 0.25) is 0 Å². The second kappa shape index (κ2) is 6.43. The number of anilines is 2. The fourth-order valence-corrected chi connectivity index (χ4v) is 2.45. The van der Waals surface area contributed by atoms with Gasteiger partial charge in [0.1, 0.15) is 0 Å². The smallest absolute Gasteiger partial charge is 0.356 e. The molecule has 0 amide bonds. The molecular formula is C16H19N3O4. The van der Waals surface area contributed by atoms with Crippen LogP contribution in [-0.4, -0.2) is 26.2 Å². The van der Waals surface area contributed by atoms with E-state index in [2.05, 4.69) is 5.32 Å². The molecule has 1 aliphatic heterocycles. The van der Waals surface area contributed by atoms with Crippen LogP contribution in [0.3, 0.4) is 0 Å². The van der Waals surface area contributed by atoms with Crippen LogP contribution in [0, 0.1) is 0 Å². The predicted molar refractivity (Wildman–Crippen MR) is 85.9 cm³/mol. The van der Waals surface area contributed by atoms with Crippen LogP contribution in [-0.2, 0) is 19.1 Å². The molecule has 7 heteroatoms. The number of ether oxygens (including phenoxy) is 2. The number of nitrogens with one attached hydrogen (secondary N) is 1. The highest BCUT2D eigenvalue weighted by atomic mass is 16.5. The Morgan fingerprint density at radius 1 is 1.04 bits per heavy atom. The summed E-state index contributed by atoms with van der Waals surface area (Å²) in [5.74, 6) is -1.15. The molecule has 1 aromatic rings. The summed E-state index contributed by atoms with van der Waals surface area (Å²) in [5, 5.41) is 3.01. The Bertz CT molecular complexity index is 684. The lowest BCUT2D eigenvalue weighted by molar-refractivity contribution is -0.136. The van der Waals surface area contributed by atoms with Crippen LogP contribution in [0.5, 0.6) is 0 Å². The maximum absolute atomic E-state index is 12.2. The Morgan fingerprint density at radius 2 is 1.57 bits per heavy atom. The highest BCUT2D eigenvalue weighted by Gasteiger charge is 2.34. The van der Waals surface area contributed by atoms with Crippen LogP contribution < -0.4 is 16.0 Å². The molecule has 1 aromatic carbocycles. The minimum absolute atomic E-state index is 0.198. The van der Waals surface area contributed by atoms with Crippen molar-refractivity contribution in [2.75, 3.05) is 24.9 Å². The van der Waals surface area contributed by atoms with E-state index >= 15 is 0 Å². The van der Waals surface area contributed by atoms with E-state index < -0.39 is 11.9 Å². The Hall–Kier alpha value is -2.96. The van der Waals surface area contributed by atoms with Crippen molar-refractivity contribution in [3.63, 3.8) is 0 Å². The zero-order chi connectivity index (χ0) is 17.1. The van der Waals surface area contributed by atoms with E-state index in [0.29, 0.717) is 22.8 Å². The van der Waals surface area contributed by atoms with Crippen molar-refractivity contribution in [2.45, 2.75) is 13.8 Å². The molecule has 0 saturated carbocycles. The summed E-state index contributed by atoms with van der Waals surface area (Å²) in [4.78, 5) is 26.0. The molecule has 3 N–H and O–H groups in total. The Balaban J connectivity index is 2.69. The summed E-state index contributed by atoms with van der Waals surface area (Å²) in [6.07, 6.45) is 0. The summed E-state index contributed by atoms with van der Waals surface area (Å²) in [6, 6.07) is 6.86. The van der Waals surface area contributed by atoms with E-state index in [9.17, 15) is 9.59 Å². The zero-order valence-electron chi connectivity index (χ0n) is 13.5. The molecule has 7 nitrogen and oxygen atoms in total. The normalized spacial score (nSPS) is 14.5. The maximum atomic E-state index is 12.2. The number of nitrogens with zero attached hydrogens (tertiary/aromatic N) is 1. The quantitative estimate of drug-likeness (QED) is 0.644. The van der Waals surface area contributed by atoms with Crippen LogP contribution in [0.4, 0.5) is 11.4 Å². The summed E-state index contributed by atoms with van der Waals surface area (Å²) >= 11 is 0. The minimum atomic E-state index is -0.577. The number of allylic oxidation sites excluding steroid dienone is 2.